The SMILES string of the molecule is CC(c1ccnc(-c2[c-]cccc2)c1)C1(C)CCCCC1.CC(c1ccnc(C2=[C-]C(C)(C)C(C)(C)O2)c1)C1(C)CCCC1.CC1(Cc2ccnc(-c3[c-]cc(F)nc3F)c2)CCCC1.CC1(Cc2ccnc(-c3cc(CC4(C)CCCC4)ccn3)c2)CCCC1.CC1(c2ccc3[c-]c(-c4ccccn4)c(=O)oc3c2)CCCCC1.C[CH+]C.[Ir].[Ir].[Ir].[Rh].c1ccc(B(c2ccccc2)n2cccn2)cc1.c1cn[nH]c1. The van der Waals surface area contributed by atoms with Gasteiger partial charge >= 0.3 is 6.85 Å². The summed E-state index contributed by atoms with van der Waals surface area (Å²) in [4.78, 5) is 42.3. The number of nitrogens with one attached hydrogen (secondary N) is 1. The Morgan fingerprint density at radius 1 is 0.455 bits per heavy atom. The van der Waals surface area contributed by atoms with Crippen LogP contribution in [0.5, 0.6) is 0 Å². The molecule has 0 spiro atoms. The Kier molecular flexibility index (Phi) is 44.6. The largest absolute Gasteiger partial charge is 0.525 e. The average molecular weight is 2570 g/mol. The van der Waals surface area contributed by atoms with Crippen molar-refractivity contribution < 1.29 is 97.7 Å². The standard InChI is InChI=1S/C24H32N2.C21H20NO2.C21H30NO.C20H24N.C17H17F2N2.C15H13BN2.C3H4N2.C3H7.3Ir.Rh/c1-23(9-3-4-10-23)17-19-7-13-25-21(15-19)22-16-20(8-14-26-22)18-24(2)11-5-6-12-24;1-21(10-4-2-5-11-21)16-9-8-15-13-17(18-7-3-6-12-22-18)20(23)24-19(15)14-16;1-15(21(6)10-7-8-11-21)16-9-12-22-17(13-16)18-14-19(2,3)20(4,5)23-18;1-16(20(2)12-7-4-8-13-20)18-11-14-21-19(15-18)17-9-5-3-6-10-17;1-17(7-2-3-8-17)11-12-6-9-20-14(10-12)13-4-5-15(18)21-16(13)19;1-3-8-14(9-4-1)16(18-13-7-12-17-18)15-10-5-2-6-11-15;1-2-4-5-3-1;1-3-2;;;;/h7-8,13-16H,3-6,9-12,17-18H2,1-2H3;3,6-9,12,14H,2,4-5,10-11H2,1H3;9,12-13,15H,7-8,10-11H2,1-6H3;3,5-6,9,11,14-16H,4,7-8,12-13H2,1-2H3;5-6,9-10H,2-3,7-8,11H2,1H3;1-13H;1-3H,(H,4,5);3H,1-2H3;;;;/q;4*-1;;;+1;;;;. The van der Waals surface area contributed by atoms with Crippen LogP contribution in [0, 0.1) is 75.1 Å². The average Bonchev–Trinajstić information content (AvgIpc) is 1.67. The Balaban J connectivity index is 0.000000175. The van der Waals surface area contributed by atoms with E-state index in [1.165, 1.54) is 219 Å². The molecule has 4 radical (unpaired) electrons. The smallest absolute Gasteiger partial charge is 0.348 e. The zero-order chi connectivity index (χ0) is 99.5. The van der Waals surface area contributed by atoms with Crippen LogP contribution in [0.3, 0.4) is 0 Å². The van der Waals surface area contributed by atoms with Crippen molar-refractivity contribution in [2.45, 2.75) is 306 Å². The second kappa shape index (κ2) is 55.1. The van der Waals surface area contributed by atoms with Gasteiger partial charge in [0.2, 0.25) is 0 Å². The van der Waals surface area contributed by atoms with Crippen molar-refractivity contribution in [3.05, 3.63) is 354 Å². The van der Waals surface area contributed by atoms with Gasteiger partial charge in [0.05, 0.1) is 42.8 Å². The van der Waals surface area contributed by atoms with Gasteiger partial charge in [0.25, 0.3) is 5.63 Å². The molecule has 4 aromatic carbocycles. The van der Waals surface area contributed by atoms with Crippen LogP contribution in [-0.4, -0.2) is 67.2 Å². The molecule has 0 bridgehead atoms. The number of aromatic amines is 1. The number of H-pyrrole nitrogens is 1. The molecule has 10 aromatic heterocycles. The quantitative estimate of drug-likeness (QED) is 0.0351. The second-order valence-corrected chi connectivity index (χ2v) is 43.5. The Labute approximate surface area is 917 Å². The first-order valence-electron chi connectivity index (χ1n) is 52.0. The van der Waals surface area contributed by atoms with Crippen LogP contribution >= 0.6 is 0 Å². The van der Waals surface area contributed by atoms with E-state index in [0.29, 0.717) is 61.4 Å². The molecule has 14 aromatic rings. The molecule has 0 amide bonds. The predicted octanol–water partition coefficient (Wildman–Crippen LogP) is 30.1. The van der Waals surface area contributed by atoms with Crippen molar-refractivity contribution in [3.8, 4) is 45.2 Å². The van der Waals surface area contributed by atoms with Crippen LogP contribution in [-0.2, 0) is 109 Å². The first kappa shape index (κ1) is 117. The van der Waals surface area contributed by atoms with E-state index in [0.717, 1.165) is 57.5 Å². The summed E-state index contributed by atoms with van der Waals surface area (Å²) in [5.74, 6) is 0.210. The number of benzene rings is 4. The summed E-state index contributed by atoms with van der Waals surface area (Å²) in [5.41, 5.74) is 19.4. The van der Waals surface area contributed by atoms with Crippen molar-refractivity contribution >= 4 is 34.5 Å². The first-order chi connectivity index (χ1) is 67.9. The van der Waals surface area contributed by atoms with Gasteiger partial charge in [-0.2, -0.15) is 10.2 Å². The zero-order valence-electron chi connectivity index (χ0n) is 87.4. The minimum atomic E-state index is -0.870. The molecule has 21 heteroatoms. The van der Waals surface area contributed by atoms with E-state index < -0.39 is 11.9 Å². The zero-order valence-corrected chi connectivity index (χ0v) is 96.3. The third-order valence-corrected chi connectivity index (χ3v) is 31.6. The molecule has 145 heavy (non-hydrogen) atoms. The minimum Gasteiger partial charge on any atom is -0.525 e. The van der Waals surface area contributed by atoms with E-state index in [9.17, 15) is 13.6 Å². The maximum absolute atomic E-state index is 13.7. The molecular weight excluding hydrogens is 2420 g/mol. The van der Waals surface area contributed by atoms with Gasteiger partial charge in [0.15, 0.2) is 0 Å². The van der Waals surface area contributed by atoms with Crippen LogP contribution < -0.4 is 16.6 Å². The number of ether oxygens (including phenoxy) is 1. The summed E-state index contributed by atoms with van der Waals surface area (Å²) >= 11 is 0. The molecule has 2 unspecified atom stereocenters. The molecule has 14 nitrogen and oxygen atoms in total. The van der Waals surface area contributed by atoms with Gasteiger partial charge in [-0.3, -0.25) is 29.8 Å². The number of hydrogen-bond acceptors (Lipinski definition) is 12. The van der Waals surface area contributed by atoms with Crippen molar-refractivity contribution in [1.82, 2.24) is 54.8 Å². The number of hydrogen-bond donors (Lipinski definition) is 1. The maximum atomic E-state index is 13.7. The fourth-order valence-corrected chi connectivity index (χ4v) is 22.0. The van der Waals surface area contributed by atoms with Crippen LogP contribution in [0.25, 0.3) is 61.9 Å². The molecule has 2 atom stereocenters. The van der Waals surface area contributed by atoms with E-state index in [4.69, 9.17) is 9.15 Å². The van der Waals surface area contributed by atoms with Crippen molar-refractivity contribution in [1.29, 1.82) is 0 Å². The topological polar surface area (TPSA) is 176 Å². The fraction of sp³-hybridized carbons (Fsp3) is 0.427. The van der Waals surface area contributed by atoms with E-state index in [1.807, 2.05) is 141 Å². The molecular formula is C124H147BF2Ir3N11O3Rh-3. The van der Waals surface area contributed by atoms with Crippen LogP contribution in [0.15, 0.2) is 271 Å². The Morgan fingerprint density at radius 2 is 0.917 bits per heavy atom. The first-order valence-corrected chi connectivity index (χ1v) is 52.0. The van der Waals surface area contributed by atoms with Crippen LogP contribution in [0.4, 0.5) is 8.78 Å². The van der Waals surface area contributed by atoms with Crippen molar-refractivity contribution in [2.24, 2.45) is 32.5 Å². The van der Waals surface area contributed by atoms with E-state index >= 15 is 0 Å². The van der Waals surface area contributed by atoms with E-state index in [1.54, 1.807) is 30.9 Å². The van der Waals surface area contributed by atoms with Crippen LogP contribution in [0.1, 0.15) is 315 Å². The van der Waals surface area contributed by atoms with Crippen molar-refractivity contribution in [2.75, 3.05) is 0 Å². The molecule has 7 aliphatic rings. The number of aromatic nitrogens is 11. The molecule has 6 fully saturated rings. The predicted molar refractivity (Wildman–Crippen MR) is 572 cm³/mol. The van der Waals surface area contributed by atoms with Gasteiger partial charge in [-0.05, 0) is 271 Å². The van der Waals surface area contributed by atoms with Gasteiger partial charge in [-0.1, -0.05) is 295 Å². The molecule has 6 aliphatic carbocycles. The number of fused-ring (bicyclic) bond motifs is 1. The van der Waals surface area contributed by atoms with Gasteiger partial charge < -0.3 is 28.7 Å². The van der Waals surface area contributed by atoms with Crippen molar-refractivity contribution in [3.63, 3.8) is 0 Å². The number of halogens is 2. The number of rotatable bonds is 19. The Bertz CT molecular complexity index is 6200. The van der Waals surface area contributed by atoms with E-state index in [2.05, 4.69) is 267 Å². The molecule has 21 rings (SSSR count). The van der Waals surface area contributed by atoms with E-state index in [-0.39, 0.29) is 114 Å². The van der Waals surface area contributed by atoms with Gasteiger partial charge in [0.1, 0.15) is 11.9 Å². The van der Waals surface area contributed by atoms with Gasteiger partial charge in [-0.15, -0.1) is 60.2 Å². The third-order valence-electron chi connectivity index (χ3n) is 31.6. The normalized spacial score (nSPS) is 17.6. The summed E-state index contributed by atoms with van der Waals surface area (Å²) in [5, 5.41) is 11.4. The summed E-state index contributed by atoms with van der Waals surface area (Å²) in [6.07, 6.45) is 61.7. The van der Waals surface area contributed by atoms with Gasteiger partial charge in [-0.25, -0.2) is 14.9 Å². The monoisotopic (exact) mass is 2570 g/mol. The molecule has 772 valence electrons. The third kappa shape index (κ3) is 32.3. The summed E-state index contributed by atoms with van der Waals surface area (Å²) < 4.78 is 40.4. The maximum Gasteiger partial charge on any atom is 0.348 e. The molecule has 1 aliphatic heterocycles. The summed E-state index contributed by atoms with van der Waals surface area (Å²) in [6, 6.07) is 76.1. The van der Waals surface area contributed by atoms with Gasteiger partial charge in [0, 0.05) is 147 Å². The minimum absolute atomic E-state index is 0. The van der Waals surface area contributed by atoms with Crippen LogP contribution in [0.2, 0.25) is 0 Å². The Morgan fingerprint density at radius 3 is 1.37 bits per heavy atom. The number of pyridine rings is 7. The molecule has 1 N–H and O–H groups in total. The summed E-state index contributed by atoms with van der Waals surface area (Å²) in [6.45, 7) is 31.9. The molecule has 6 saturated carbocycles. The Hall–Kier alpha value is -9.53. The molecule has 0 saturated heterocycles. The summed E-state index contributed by atoms with van der Waals surface area (Å²) in [7, 11) is 0. The second-order valence-electron chi connectivity index (χ2n) is 43.5. The number of nitrogens with zero attached hydrogens (tertiary/aromatic N) is 10. The fourth-order valence-electron chi connectivity index (χ4n) is 22.0. The molecule has 11 heterocycles.